The number of halogens is 1. The van der Waals surface area contributed by atoms with Crippen molar-refractivity contribution in [2.24, 2.45) is 4.99 Å². The Morgan fingerprint density at radius 1 is 1.20 bits per heavy atom. The Morgan fingerprint density at radius 2 is 2.05 bits per heavy atom. The van der Waals surface area contributed by atoms with Gasteiger partial charge in [0.15, 0.2) is 5.17 Å². The fourth-order valence-corrected chi connectivity index (χ4v) is 4.19. The molecule has 1 N–H and O–H groups in total. The summed E-state index contributed by atoms with van der Waals surface area (Å²) in [7, 11) is 0. The first kappa shape index (κ1) is 14.0. The molecule has 20 heavy (non-hydrogen) atoms. The number of thioether (sulfide) groups is 1. The Hall–Kier alpha value is -0.970. The third-order valence-electron chi connectivity index (χ3n) is 3.13. The number of hydrogen-bond acceptors (Lipinski definition) is 3. The zero-order valence-corrected chi connectivity index (χ0v) is 13.3. The van der Waals surface area contributed by atoms with Gasteiger partial charge in [0.25, 0.3) is 0 Å². The quantitative estimate of drug-likeness (QED) is 0.903. The van der Waals surface area contributed by atoms with Gasteiger partial charge in [0.2, 0.25) is 0 Å². The maximum Gasteiger partial charge on any atom is 0.157 e. The van der Waals surface area contributed by atoms with Crippen molar-refractivity contribution in [2.45, 2.75) is 12.5 Å². The van der Waals surface area contributed by atoms with Crippen LogP contribution in [0.2, 0.25) is 4.34 Å². The largest absolute Gasteiger partial charge is 0.357 e. The molecule has 1 aromatic carbocycles. The summed E-state index contributed by atoms with van der Waals surface area (Å²) in [6, 6.07) is 14.9. The first-order valence-electron chi connectivity index (χ1n) is 6.54. The smallest absolute Gasteiger partial charge is 0.157 e. The summed E-state index contributed by atoms with van der Waals surface area (Å²) in [4.78, 5) is 5.93. The summed E-state index contributed by atoms with van der Waals surface area (Å²) in [6.45, 7) is 0.813. The minimum Gasteiger partial charge on any atom is -0.357 e. The number of hydrogen-bond donors (Lipinski definition) is 1. The van der Waals surface area contributed by atoms with E-state index in [1.165, 1.54) is 10.4 Å². The highest BCUT2D eigenvalue weighted by atomic mass is 35.5. The highest BCUT2D eigenvalue weighted by Crippen LogP contribution is 2.26. The van der Waals surface area contributed by atoms with Gasteiger partial charge in [-0.05, 0) is 17.7 Å². The van der Waals surface area contributed by atoms with E-state index in [0.29, 0.717) is 6.04 Å². The zero-order chi connectivity index (χ0) is 13.8. The summed E-state index contributed by atoms with van der Waals surface area (Å²) >= 11 is 9.36. The van der Waals surface area contributed by atoms with Gasteiger partial charge in [-0.2, -0.15) is 0 Å². The molecule has 1 aliphatic heterocycles. The summed E-state index contributed by atoms with van der Waals surface area (Å²) in [5.41, 5.74) is 1.33. The maximum absolute atomic E-state index is 5.92. The first-order chi connectivity index (χ1) is 9.81. The van der Waals surface area contributed by atoms with Gasteiger partial charge in [-0.25, -0.2) is 0 Å². The summed E-state index contributed by atoms with van der Waals surface area (Å²) in [5, 5.41) is 4.55. The number of nitrogens with one attached hydrogen (secondary N) is 1. The standard InChI is InChI=1S/C15H15ClN2S2/c16-14-7-6-12(20-14)8-9-17-15-18-13(10-19-15)11-4-2-1-3-5-11/h1-7,13H,8-10H2,(H,17,18). The van der Waals surface area contributed by atoms with Crippen molar-refractivity contribution in [1.82, 2.24) is 5.32 Å². The lowest BCUT2D eigenvalue weighted by atomic mass is 10.1. The van der Waals surface area contributed by atoms with Crippen molar-refractivity contribution in [1.29, 1.82) is 0 Å². The molecule has 1 saturated heterocycles. The van der Waals surface area contributed by atoms with Gasteiger partial charge in [0, 0.05) is 23.6 Å². The minimum absolute atomic E-state index is 0.385. The number of benzene rings is 1. The predicted octanol–water partition coefficient (Wildman–Crippen LogP) is 4.38. The van der Waals surface area contributed by atoms with Crippen LogP contribution < -0.4 is 5.32 Å². The van der Waals surface area contributed by atoms with Crippen LogP contribution in [0.5, 0.6) is 0 Å². The van der Waals surface area contributed by atoms with Crippen molar-refractivity contribution >= 4 is 39.9 Å². The fraction of sp³-hybridized carbons (Fsp3) is 0.267. The van der Waals surface area contributed by atoms with Crippen LogP contribution in [-0.2, 0) is 6.42 Å². The molecule has 1 atom stereocenters. The van der Waals surface area contributed by atoms with Crippen molar-refractivity contribution in [3.05, 3.63) is 57.2 Å². The van der Waals surface area contributed by atoms with Crippen LogP contribution in [0.1, 0.15) is 16.5 Å². The maximum atomic E-state index is 5.92. The molecule has 1 unspecified atom stereocenters. The van der Waals surface area contributed by atoms with Crippen LogP contribution in [0.25, 0.3) is 0 Å². The van der Waals surface area contributed by atoms with E-state index in [9.17, 15) is 0 Å². The molecule has 0 amide bonds. The Labute approximate surface area is 132 Å². The van der Waals surface area contributed by atoms with Gasteiger partial charge in [-0.15, -0.1) is 11.3 Å². The number of rotatable bonds is 4. The number of nitrogens with zero attached hydrogens (tertiary/aromatic N) is 1. The average Bonchev–Trinajstić information content (AvgIpc) is 3.09. The molecule has 0 radical (unpaired) electrons. The predicted molar refractivity (Wildman–Crippen MR) is 90.1 cm³/mol. The monoisotopic (exact) mass is 322 g/mol. The van der Waals surface area contributed by atoms with E-state index >= 15 is 0 Å². The highest BCUT2D eigenvalue weighted by Gasteiger charge is 2.21. The second-order valence-electron chi connectivity index (χ2n) is 4.56. The topological polar surface area (TPSA) is 24.4 Å². The van der Waals surface area contributed by atoms with E-state index in [2.05, 4.69) is 40.6 Å². The van der Waals surface area contributed by atoms with Crippen LogP contribution in [0, 0.1) is 0 Å². The normalized spacial score (nSPS) is 20.2. The van der Waals surface area contributed by atoms with E-state index in [0.717, 1.165) is 28.2 Å². The third-order valence-corrected chi connectivity index (χ3v) is 5.44. The van der Waals surface area contributed by atoms with Crippen molar-refractivity contribution in [3.8, 4) is 0 Å². The molecule has 0 bridgehead atoms. The molecule has 0 spiro atoms. The van der Waals surface area contributed by atoms with E-state index in [1.54, 1.807) is 23.1 Å². The molecule has 2 nitrogen and oxygen atoms in total. The van der Waals surface area contributed by atoms with Crippen LogP contribution in [0.3, 0.4) is 0 Å². The second kappa shape index (κ2) is 6.66. The van der Waals surface area contributed by atoms with Crippen LogP contribution in [0.15, 0.2) is 47.5 Å². The van der Waals surface area contributed by atoms with Crippen LogP contribution in [0.4, 0.5) is 0 Å². The van der Waals surface area contributed by atoms with Gasteiger partial charge in [-0.3, -0.25) is 4.99 Å². The molecule has 1 fully saturated rings. The summed E-state index contributed by atoms with van der Waals surface area (Å²) in [5.74, 6) is 1.05. The SMILES string of the molecule is Clc1ccc(CCN=C2NC(c3ccccc3)CS2)s1. The Kier molecular flexibility index (Phi) is 4.65. The zero-order valence-electron chi connectivity index (χ0n) is 10.9. The lowest BCUT2D eigenvalue weighted by molar-refractivity contribution is 0.748. The number of thiophene rings is 1. The van der Waals surface area contributed by atoms with E-state index < -0.39 is 0 Å². The number of aliphatic imine (C=N–C) groups is 1. The molecule has 1 aliphatic rings. The molecule has 104 valence electrons. The van der Waals surface area contributed by atoms with Crippen molar-refractivity contribution in [3.63, 3.8) is 0 Å². The first-order valence-corrected chi connectivity index (χ1v) is 8.72. The molecule has 5 heteroatoms. The van der Waals surface area contributed by atoms with Gasteiger partial charge < -0.3 is 5.32 Å². The molecular formula is C15H15ClN2S2. The molecular weight excluding hydrogens is 308 g/mol. The fourth-order valence-electron chi connectivity index (χ4n) is 2.10. The second-order valence-corrected chi connectivity index (χ2v) is 7.37. The Balaban J connectivity index is 1.53. The summed E-state index contributed by atoms with van der Waals surface area (Å²) in [6.07, 6.45) is 0.957. The Morgan fingerprint density at radius 3 is 2.80 bits per heavy atom. The van der Waals surface area contributed by atoms with Crippen LogP contribution >= 0.6 is 34.7 Å². The minimum atomic E-state index is 0.385. The van der Waals surface area contributed by atoms with Gasteiger partial charge in [0.05, 0.1) is 10.4 Å². The van der Waals surface area contributed by atoms with Crippen molar-refractivity contribution < 1.29 is 0 Å². The van der Waals surface area contributed by atoms with E-state index in [4.69, 9.17) is 11.6 Å². The van der Waals surface area contributed by atoms with Gasteiger partial charge >= 0.3 is 0 Å². The average molecular weight is 323 g/mol. The molecule has 3 rings (SSSR count). The van der Waals surface area contributed by atoms with Gasteiger partial charge in [-0.1, -0.05) is 53.7 Å². The van der Waals surface area contributed by atoms with E-state index in [1.807, 2.05) is 12.1 Å². The third kappa shape index (κ3) is 3.57. The Bertz CT molecular complexity index is 595. The number of amidine groups is 1. The lowest BCUT2D eigenvalue weighted by Gasteiger charge is -2.09. The molecule has 0 saturated carbocycles. The molecule has 2 aromatic rings. The molecule has 1 aromatic heterocycles. The lowest BCUT2D eigenvalue weighted by Crippen LogP contribution is -2.19. The van der Waals surface area contributed by atoms with Crippen LogP contribution in [-0.4, -0.2) is 17.5 Å². The van der Waals surface area contributed by atoms with Crippen molar-refractivity contribution in [2.75, 3.05) is 12.3 Å². The molecule has 2 heterocycles. The van der Waals surface area contributed by atoms with Gasteiger partial charge in [0.1, 0.15) is 0 Å². The summed E-state index contributed by atoms with van der Waals surface area (Å²) < 4.78 is 0.852. The highest BCUT2D eigenvalue weighted by molar-refractivity contribution is 8.14. The molecule has 0 aliphatic carbocycles. The van der Waals surface area contributed by atoms with E-state index in [-0.39, 0.29) is 0 Å².